The molecule has 9 atom stereocenters. The van der Waals surface area contributed by atoms with Gasteiger partial charge < -0.3 is 40.0 Å². The number of nitrogens with zero attached hydrogens (tertiary/aromatic N) is 2. The molecule has 1 aliphatic rings. The van der Waals surface area contributed by atoms with Crippen LogP contribution < -0.4 is 16.0 Å². The molecular formula is C49H75N5O11. The molecule has 1 aromatic rings. The van der Waals surface area contributed by atoms with Gasteiger partial charge in [-0.15, -0.1) is 0 Å². The van der Waals surface area contributed by atoms with Crippen LogP contribution in [0.25, 0.3) is 0 Å². The summed E-state index contributed by atoms with van der Waals surface area (Å²) in [5.41, 5.74) is 1.54. The highest BCUT2D eigenvalue weighted by Gasteiger charge is 2.37. The summed E-state index contributed by atoms with van der Waals surface area (Å²) in [7, 11) is 2.85. The predicted molar refractivity (Wildman–Crippen MR) is 247 cm³/mol. The first-order chi connectivity index (χ1) is 30.6. The zero-order valence-electron chi connectivity index (χ0n) is 40.9. The van der Waals surface area contributed by atoms with Crippen molar-refractivity contribution in [2.75, 3.05) is 20.6 Å². The first-order valence-electron chi connectivity index (χ1n) is 22.9. The quantitative estimate of drug-likeness (QED) is 0.137. The number of esters is 3. The molecule has 0 spiro atoms. The molecule has 1 aliphatic heterocycles. The van der Waals surface area contributed by atoms with E-state index in [1.165, 1.54) is 50.7 Å². The molecule has 0 saturated carbocycles. The van der Waals surface area contributed by atoms with E-state index in [0.29, 0.717) is 18.4 Å². The summed E-state index contributed by atoms with van der Waals surface area (Å²) < 4.78 is 17.8. The second-order valence-corrected chi connectivity index (χ2v) is 17.8. The fourth-order valence-corrected chi connectivity index (χ4v) is 7.24. The second kappa shape index (κ2) is 27.1. The lowest BCUT2D eigenvalue weighted by Gasteiger charge is -2.33. The van der Waals surface area contributed by atoms with Crippen molar-refractivity contribution in [1.82, 2.24) is 25.8 Å². The first kappa shape index (κ1) is 55.6. The van der Waals surface area contributed by atoms with E-state index in [-0.39, 0.29) is 37.2 Å². The molecule has 2 rings (SSSR count). The van der Waals surface area contributed by atoms with E-state index in [2.05, 4.69) is 16.0 Å². The summed E-state index contributed by atoms with van der Waals surface area (Å²) in [6, 6.07) is 4.41. The molecule has 0 radical (unpaired) electrons. The van der Waals surface area contributed by atoms with Gasteiger partial charge in [-0.1, -0.05) is 96.9 Å². The highest BCUT2D eigenvalue weighted by molar-refractivity contribution is 5.96. The van der Waals surface area contributed by atoms with Gasteiger partial charge in [-0.05, 0) is 70.4 Å². The van der Waals surface area contributed by atoms with Crippen molar-refractivity contribution in [3.63, 3.8) is 0 Å². The van der Waals surface area contributed by atoms with Gasteiger partial charge in [0.15, 0.2) is 6.10 Å². The number of rotatable bonds is 13. The van der Waals surface area contributed by atoms with Gasteiger partial charge in [0.2, 0.25) is 23.6 Å². The second-order valence-electron chi connectivity index (χ2n) is 17.8. The van der Waals surface area contributed by atoms with Gasteiger partial charge in [0.25, 0.3) is 5.91 Å². The SMILES string of the molecule is C/C=C(\C)[C@@H](OC(=O)CCCC)[C@@H](C)[C@@H]1C/C=C(\C)C(=O)O[C@H](CC(C)C)C(=O)N[C@@H](C)C(=O)N(C)[C@H](Cc2ccccc2)C(=O)N(C)CC(=O)N[C@@H]([C@H](C)CC)C(=O)N[C@H](C)C(=O)O1. The van der Waals surface area contributed by atoms with E-state index in [1.807, 2.05) is 33.8 Å². The Morgan fingerprint density at radius 2 is 1.52 bits per heavy atom. The van der Waals surface area contributed by atoms with Crippen LogP contribution in [-0.4, -0.2) is 120 Å². The molecule has 0 saturated heterocycles. The number of allylic oxidation sites excluding steroid dienone is 1. The Balaban J connectivity index is 2.70. The molecule has 1 heterocycles. The number of carbonyl (C=O) groups excluding carboxylic acids is 8. The van der Waals surface area contributed by atoms with Crippen LogP contribution >= 0.6 is 0 Å². The Bertz CT molecular complexity index is 1860. The number of carbonyl (C=O) groups is 8. The molecule has 3 N–H and O–H groups in total. The summed E-state index contributed by atoms with van der Waals surface area (Å²) in [5.74, 6) is -6.44. The van der Waals surface area contributed by atoms with Gasteiger partial charge in [0.1, 0.15) is 36.4 Å². The fraction of sp³-hybridized carbons (Fsp3) is 0.633. The molecule has 362 valence electrons. The molecule has 0 aliphatic carbocycles. The maximum atomic E-state index is 14.2. The van der Waals surface area contributed by atoms with Gasteiger partial charge in [0, 0.05) is 44.8 Å². The normalized spacial score (nSPS) is 25.5. The summed E-state index contributed by atoms with van der Waals surface area (Å²) in [6.45, 7) is 18.5. The van der Waals surface area contributed by atoms with Crippen molar-refractivity contribution < 1.29 is 52.6 Å². The zero-order valence-corrected chi connectivity index (χ0v) is 40.9. The molecule has 5 amide bonds. The van der Waals surface area contributed by atoms with Crippen molar-refractivity contribution in [2.45, 2.75) is 164 Å². The lowest BCUT2D eigenvalue weighted by Crippen LogP contribution is -2.57. The molecule has 0 bridgehead atoms. The lowest BCUT2D eigenvalue weighted by molar-refractivity contribution is -0.161. The van der Waals surface area contributed by atoms with Gasteiger partial charge in [0.05, 0.1) is 6.54 Å². The number of likely N-dealkylation sites (N-methyl/N-ethyl adjacent to an activating group) is 2. The first-order valence-corrected chi connectivity index (χ1v) is 22.9. The van der Waals surface area contributed by atoms with Crippen LogP contribution in [0.4, 0.5) is 0 Å². The number of benzene rings is 1. The van der Waals surface area contributed by atoms with E-state index < -0.39 is 108 Å². The Hall–Kier alpha value is -5.54. The van der Waals surface area contributed by atoms with Crippen molar-refractivity contribution in [3.8, 4) is 0 Å². The maximum absolute atomic E-state index is 14.2. The third kappa shape index (κ3) is 17.4. The molecule has 0 fully saturated rings. The minimum atomic E-state index is -1.30. The molecule has 0 aromatic heterocycles. The van der Waals surface area contributed by atoms with Crippen molar-refractivity contribution in [1.29, 1.82) is 0 Å². The summed E-state index contributed by atoms with van der Waals surface area (Å²) >= 11 is 0. The summed E-state index contributed by atoms with van der Waals surface area (Å²) in [4.78, 5) is 112. The molecule has 16 nitrogen and oxygen atoms in total. The number of cyclic esters (lactones) is 2. The Morgan fingerprint density at radius 3 is 2.11 bits per heavy atom. The molecular weight excluding hydrogens is 835 g/mol. The van der Waals surface area contributed by atoms with Crippen LogP contribution in [0.15, 0.2) is 53.6 Å². The van der Waals surface area contributed by atoms with Crippen LogP contribution in [0.1, 0.15) is 120 Å². The van der Waals surface area contributed by atoms with Crippen LogP contribution in [-0.2, 0) is 59.0 Å². The number of ether oxygens (including phenoxy) is 3. The van der Waals surface area contributed by atoms with Crippen LogP contribution in [0, 0.1) is 17.8 Å². The van der Waals surface area contributed by atoms with E-state index >= 15 is 0 Å². The standard InChI is InChI=1S/C49H75N5O11/c1-14-17-23-41(56)65-43(31(7)16-3)33(9)38-25-24-32(8)48(61)64-39(26-29(4)5)44(57)50-34(10)46(59)54(13)37(27-36-21-19-18-20-22-36)47(60)53(12)28-40(55)52-42(30(6)15-2)45(58)51-35(11)49(62)63-38/h16,18-22,24,29-30,33-35,37-39,42-43H,14-15,17,23,25-28H2,1-13H3,(H,50,57)(H,51,58)(H,52,55)/b31-16+,32-24+/t30-,33+,34+,35-,37-,38+,39-,42+,43-/m1/s1. The third-order valence-electron chi connectivity index (χ3n) is 11.8. The van der Waals surface area contributed by atoms with E-state index in [1.54, 1.807) is 58.0 Å². The van der Waals surface area contributed by atoms with Gasteiger partial charge in [-0.2, -0.15) is 0 Å². The molecule has 65 heavy (non-hydrogen) atoms. The fourth-order valence-electron chi connectivity index (χ4n) is 7.24. The van der Waals surface area contributed by atoms with E-state index in [0.717, 1.165) is 12.0 Å². The molecule has 0 unspecified atom stereocenters. The number of amides is 5. The average Bonchev–Trinajstić information content (AvgIpc) is 3.27. The average molecular weight is 910 g/mol. The minimum absolute atomic E-state index is 0.0463. The van der Waals surface area contributed by atoms with Crippen LogP contribution in [0.2, 0.25) is 0 Å². The lowest BCUT2D eigenvalue weighted by atomic mass is 9.90. The predicted octanol–water partition coefficient (Wildman–Crippen LogP) is 4.98. The Labute approximate surface area is 386 Å². The highest BCUT2D eigenvalue weighted by atomic mass is 16.6. The van der Waals surface area contributed by atoms with Crippen molar-refractivity contribution >= 4 is 47.4 Å². The van der Waals surface area contributed by atoms with E-state index in [9.17, 15) is 38.4 Å². The Morgan fingerprint density at radius 1 is 0.892 bits per heavy atom. The van der Waals surface area contributed by atoms with Gasteiger partial charge in [-0.25, -0.2) is 9.59 Å². The maximum Gasteiger partial charge on any atom is 0.334 e. The number of unbranched alkanes of at least 4 members (excludes halogenated alkanes) is 1. The largest absolute Gasteiger partial charge is 0.460 e. The minimum Gasteiger partial charge on any atom is -0.460 e. The molecule has 16 heteroatoms. The summed E-state index contributed by atoms with van der Waals surface area (Å²) in [6.07, 6.45) is 2.42. The topological polar surface area (TPSA) is 207 Å². The zero-order chi connectivity index (χ0) is 49.1. The summed E-state index contributed by atoms with van der Waals surface area (Å²) in [5, 5.41) is 8.09. The van der Waals surface area contributed by atoms with Gasteiger partial charge >= 0.3 is 17.9 Å². The number of hydrogen-bond acceptors (Lipinski definition) is 11. The third-order valence-corrected chi connectivity index (χ3v) is 11.8. The van der Waals surface area contributed by atoms with E-state index in [4.69, 9.17) is 14.2 Å². The number of hydrogen-bond donors (Lipinski definition) is 3. The van der Waals surface area contributed by atoms with Crippen LogP contribution in [0.5, 0.6) is 0 Å². The van der Waals surface area contributed by atoms with Crippen molar-refractivity contribution in [2.24, 2.45) is 17.8 Å². The number of nitrogens with one attached hydrogen (secondary N) is 3. The molecule has 1 aromatic carbocycles. The van der Waals surface area contributed by atoms with Crippen LogP contribution in [0.3, 0.4) is 0 Å². The Kier molecular flexibility index (Phi) is 23.1. The smallest absolute Gasteiger partial charge is 0.334 e. The van der Waals surface area contributed by atoms with Crippen molar-refractivity contribution in [3.05, 3.63) is 59.2 Å². The monoisotopic (exact) mass is 910 g/mol. The van der Waals surface area contributed by atoms with Gasteiger partial charge in [-0.3, -0.25) is 28.8 Å². The highest BCUT2D eigenvalue weighted by Crippen LogP contribution is 2.26.